The van der Waals surface area contributed by atoms with Gasteiger partial charge in [-0.25, -0.2) is 13.4 Å². The van der Waals surface area contributed by atoms with Crippen molar-refractivity contribution in [3.63, 3.8) is 0 Å². The van der Waals surface area contributed by atoms with E-state index in [-0.39, 0.29) is 4.90 Å². The molecule has 0 unspecified atom stereocenters. The topological polar surface area (TPSA) is 74.8 Å². The molecule has 1 aromatic carbocycles. The number of aromatic nitrogens is 1. The highest BCUT2D eigenvalue weighted by Gasteiger charge is 2.26. The van der Waals surface area contributed by atoms with Crippen molar-refractivity contribution in [2.24, 2.45) is 0 Å². The van der Waals surface area contributed by atoms with Gasteiger partial charge in [0.05, 0.1) is 13.2 Å². The lowest BCUT2D eigenvalue weighted by Crippen LogP contribution is -2.40. The fourth-order valence-corrected chi connectivity index (χ4v) is 4.47. The summed E-state index contributed by atoms with van der Waals surface area (Å²) in [6.45, 7) is 4.31. The van der Waals surface area contributed by atoms with Crippen molar-refractivity contribution >= 4 is 15.8 Å². The first-order valence-corrected chi connectivity index (χ1v) is 11.0. The van der Waals surface area contributed by atoms with Gasteiger partial charge in [0.15, 0.2) is 0 Å². The molecule has 2 aromatic rings. The van der Waals surface area contributed by atoms with E-state index in [1.807, 2.05) is 6.07 Å². The predicted molar refractivity (Wildman–Crippen MR) is 110 cm³/mol. The zero-order valence-electron chi connectivity index (χ0n) is 16.3. The number of benzene rings is 1. The normalized spacial score (nSPS) is 15.6. The molecule has 0 atom stereocenters. The van der Waals surface area contributed by atoms with E-state index in [1.54, 1.807) is 12.1 Å². The van der Waals surface area contributed by atoms with Crippen LogP contribution in [0.2, 0.25) is 0 Å². The molecule has 1 aliphatic heterocycles. The Morgan fingerprint density at radius 3 is 2.57 bits per heavy atom. The molecule has 1 saturated heterocycles. The summed E-state index contributed by atoms with van der Waals surface area (Å²) in [5.74, 6) is 0.687. The Hall–Kier alpha value is -2.00. The van der Waals surface area contributed by atoms with Crippen LogP contribution in [0.5, 0.6) is 0 Å². The molecule has 7 nitrogen and oxygen atoms in total. The minimum Gasteiger partial charge on any atom is -0.379 e. The van der Waals surface area contributed by atoms with Crippen LogP contribution in [-0.2, 0) is 21.3 Å². The number of sulfonamides is 1. The number of hydrogen-bond donors (Lipinski definition) is 1. The van der Waals surface area contributed by atoms with E-state index in [9.17, 15) is 8.42 Å². The van der Waals surface area contributed by atoms with Crippen LogP contribution >= 0.6 is 0 Å². The fraction of sp³-hybridized carbons (Fsp3) is 0.450. The van der Waals surface area contributed by atoms with Gasteiger partial charge in [0.1, 0.15) is 10.7 Å². The summed E-state index contributed by atoms with van der Waals surface area (Å²) in [5.41, 5.74) is 1.30. The Morgan fingerprint density at radius 2 is 1.89 bits per heavy atom. The smallest absolute Gasteiger partial charge is 0.244 e. The molecule has 152 valence electrons. The zero-order chi connectivity index (χ0) is 19.8. The Labute approximate surface area is 167 Å². The van der Waals surface area contributed by atoms with E-state index in [0.29, 0.717) is 32.1 Å². The maximum atomic E-state index is 12.6. The second kappa shape index (κ2) is 9.97. The van der Waals surface area contributed by atoms with E-state index in [1.165, 1.54) is 16.1 Å². The van der Waals surface area contributed by atoms with Gasteiger partial charge in [0.2, 0.25) is 10.0 Å². The first-order valence-electron chi connectivity index (χ1n) is 9.56. The van der Waals surface area contributed by atoms with Crippen molar-refractivity contribution in [3.05, 3.63) is 54.2 Å². The van der Waals surface area contributed by atoms with Crippen LogP contribution in [0.1, 0.15) is 12.0 Å². The minimum atomic E-state index is -3.49. The molecule has 1 aromatic heterocycles. The van der Waals surface area contributed by atoms with Gasteiger partial charge in [-0.05, 0) is 37.7 Å². The fourth-order valence-electron chi connectivity index (χ4n) is 3.11. The van der Waals surface area contributed by atoms with E-state index in [4.69, 9.17) is 4.74 Å². The molecule has 0 radical (unpaired) electrons. The lowest BCUT2D eigenvalue weighted by Gasteiger charge is -2.25. The van der Waals surface area contributed by atoms with Crippen molar-refractivity contribution in [3.8, 4) is 0 Å². The average molecular weight is 405 g/mol. The number of nitrogens with one attached hydrogen (secondary N) is 1. The molecule has 0 aliphatic carbocycles. The van der Waals surface area contributed by atoms with Crippen molar-refractivity contribution in [1.82, 2.24) is 14.2 Å². The maximum absolute atomic E-state index is 12.6. The highest BCUT2D eigenvalue weighted by molar-refractivity contribution is 7.89. The first-order chi connectivity index (χ1) is 13.6. The molecule has 8 heteroatoms. The molecule has 0 spiro atoms. The van der Waals surface area contributed by atoms with Crippen LogP contribution in [-0.4, -0.2) is 69.0 Å². The number of nitrogens with zero attached hydrogens (tertiary/aromatic N) is 3. The second-order valence-electron chi connectivity index (χ2n) is 6.90. The number of anilines is 1. The number of rotatable bonds is 9. The maximum Gasteiger partial charge on any atom is 0.244 e. The lowest BCUT2D eigenvalue weighted by atomic mass is 10.2. The average Bonchev–Trinajstić information content (AvgIpc) is 2.73. The molecule has 0 bridgehead atoms. The Bertz CT molecular complexity index is 822. The van der Waals surface area contributed by atoms with Gasteiger partial charge in [-0.2, -0.15) is 4.31 Å². The number of morpholine rings is 1. The van der Waals surface area contributed by atoms with E-state index < -0.39 is 10.0 Å². The van der Waals surface area contributed by atoms with Gasteiger partial charge in [0.25, 0.3) is 0 Å². The molecular weight excluding hydrogens is 376 g/mol. The standard InChI is InChI=1S/C20H28N4O3S/c1-23(17-18-6-3-2-4-7-18)11-5-10-21-20-9-8-19(16-22-20)28(25,26)24-12-14-27-15-13-24/h2-4,6-9,16H,5,10-15,17H2,1H3,(H,21,22). The van der Waals surface area contributed by atoms with E-state index in [0.717, 1.165) is 26.1 Å². The number of pyridine rings is 1. The first kappa shape index (κ1) is 20.7. The van der Waals surface area contributed by atoms with Crippen LogP contribution in [0.4, 0.5) is 5.82 Å². The third-order valence-electron chi connectivity index (χ3n) is 4.66. The summed E-state index contributed by atoms with van der Waals surface area (Å²) in [4.78, 5) is 6.77. The molecule has 28 heavy (non-hydrogen) atoms. The van der Waals surface area contributed by atoms with Gasteiger partial charge in [-0.1, -0.05) is 30.3 Å². The van der Waals surface area contributed by atoms with Crippen LogP contribution in [0.15, 0.2) is 53.6 Å². The third kappa shape index (κ3) is 5.75. The van der Waals surface area contributed by atoms with Crippen molar-refractivity contribution in [2.45, 2.75) is 17.9 Å². The SMILES string of the molecule is CN(CCCNc1ccc(S(=O)(=O)N2CCOCC2)cn1)Cc1ccccc1. The number of hydrogen-bond acceptors (Lipinski definition) is 6. The molecule has 0 amide bonds. The van der Waals surface area contributed by atoms with Crippen molar-refractivity contribution < 1.29 is 13.2 Å². The summed E-state index contributed by atoms with van der Waals surface area (Å²) in [6, 6.07) is 13.7. The monoisotopic (exact) mass is 404 g/mol. The Balaban J connectivity index is 1.43. The summed E-state index contributed by atoms with van der Waals surface area (Å²) in [5, 5.41) is 3.26. The van der Waals surface area contributed by atoms with Crippen LogP contribution in [0.3, 0.4) is 0 Å². The molecule has 2 heterocycles. The zero-order valence-corrected chi connectivity index (χ0v) is 17.1. The summed E-state index contributed by atoms with van der Waals surface area (Å²) < 4.78 is 31.8. The van der Waals surface area contributed by atoms with Crippen LogP contribution < -0.4 is 5.32 Å². The van der Waals surface area contributed by atoms with E-state index in [2.05, 4.69) is 46.5 Å². The van der Waals surface area contributed by atoms with Gasteiger partial charge in [-0.15, -0.1) is 0 Å². The summed E-state index contributed by atoms with van der Waals surface area (Å²) >= 11 is 0. The molecule has 1 fully saturated rings. The van der Waals surface area contributed by atoms with Crippen molar-refractivity contribution in [1.29, 1.82) is 0 Å². The largest absolute Gasteiger partial charge is 0.379 e. The van der Waals surface area contributed by atoms with Gasteiger partial charge < -0.3 is 15.0 Å². The molecular formula is C20H28N4O3S. The second-order valence-corrected chi connectivity index (χ2v) is 8.84. The Morgan fingerprint density at radius 1 is 1.14 bits per heavy atom. The lowest BCUT2D eigenvalue weighted by molar-refractivity contribution is 0.0730. The van der Waals surface area contributed by atoms with E-state index >= 15 is 0 Å². The van der Waals surface area contributed by atoms with Crippen LogP contribution in [0, 0.1) is 0 Å². The highest BCUT2D eigenvalue weighted by atomic mass is 32.2. The van der Waals surface area contributed by atoms with Gasteiger partial charge in [0, 0.05) is 32.4 Å². The third-order valence-corrected chi connectivity index (χ3v) is 6.54. The minimum absolute atomic E-state index is 0.225. The van der Waals surface area contributed by atoms with Gasteiger partial charge in [-0.3, -0.25) is 0 Å². The van der Waals surface area contributed by atoms with Gasteiger partial charge >= 0.3 is 0 Å². The molecule has 3 rings (SSSR count). The predicted octanol–water partition coefficient (Wildman–Crippen LogP) is 2.04. The summed E-state index contributed by atoms with van der Waals surface area (Å²) in [6.07, 6.45) is 2.40. The molecule has 1 aliphatic rings. The summed E-state index contributed by atoms with van der Waals surface area (Å²) in [7, 11) is -1.38. The number of ether oxygens (including phenoxy) is 1. The van der Waals surface area contributed by atoms with Crippen molar-refractivity contribution in [2.75, 3.05) is 51.8 Å². The highest BCUT2D eigenvalue weighted by Crippen LogP contribution is 2.17. The molecule has 0 saturated carbocycles. The molecule has 1 N–H and O–H groups in total. The quantitative estimate of drug-likeness (QED) is 0.645. The van der Waals surface area contributed by atoms with Crippen LogP contribution in [0.25, 0.3) is 0 Å². The Kier molecular flexibility index (Phi) is 7.38.